The van der Waals surface area contributed by atoms with E-state index in [1.54, 1.807) is 24.9 Å². The Labute approximate surface area is 117 Å². The predicted octanol–water partition coefficient (Wildman–Crippen LogP) is 2.61. The zero-order valence-corrected chi connectivity index (χ0v) is 12.5. The SMILES string of the molecule is CNc1ccc([N+](=O)[O-])c(N(C)C(C)CCSC)n1. The number of thioether (sulfide) groups is 1. The van der Waals surface area contributed by atoms with Crippen LogP contribution >= 0.6 is 11.8 Å². The van der Waals surface area contributed by atoms with E-state index < -0.39 is 0 Å². The van der Waals surface area contributed by atoms with Crippen molar-refractivity contribution in [1.29, 1.82) is 0 Å². The van der Waals surface area contributed by atoms with Crippen LogP contribution in [-0.2, 0) is 0 Å². The summed E-state index contributed by atoms with van der Waals surface area (Å²) >= 11 is 1.77. The van der Waals surface area contributed by atoms with Gasteiger partial charge in [-0.1, -0.05) is 0 Å². The second kappa shape index (κ2) is 7.18. The van der Waals surface area contributed by atoms with E-state index in [1.807, 2.05) is 18.9 Å². The first-order chi connectivity index (χ1) is 9.01. The molecule has 0 aliphatic heterocycles. The number of hydrogen-bond acceptors (Lipinski definition) is 6. The first kappa shape index (κ1) is 15.6. The fraction of sp³-hybridized carbons (Fsp3) is 0.583. The van der Waals surface area contributed by atoms with Crippen molar-refractivity contribution >= 4 is 29.1 Å². The molecule has 0 spiro atoms. The van der Waals surface area contributed by atoms with Gasteiger partial charge >= 0.3 is 5.69 Å². The molecule has 0 radical (unpaired) electrons. The molecule has 0 saturated carbocycles. The van der Waals surface area contributed by atoms with Crippen molar-refractivity contribution in [2.45, 2.75) is 19.4 Å². The van der Waals surface area contributed by atoms with E-state index in [9.17, 15) is 10.1 Å². The lowest BCUT2D eigenvalue weighted by molar-refractivity contribution is -0.384. The van der Waals surface area contributed by atoms with Crippen molar-refractivity contribution in [2.75, 3.05) is 36.3 Å². The van der Waals surface area contributed by atoms with Gasteiger partial charge in [0.25, 0.3) is 0 Å². The van der Waals surface area contributed by atoms with Gasteiger partial charge in [0.05, 0.1) is 4.92 Å². The highest BCUT2D eigenvalue weighted by molar-refractivity contribution is 7.98. The molecule has 0 aromatic carbocycles. The molecule has 1 unspecified atom stereocenters. The molecule has 19 heavy (non-hydrogen) atoms. The molecule has 1 aromatic heterocycles. The zero-order valence-electron chi connectivity index (χ0n) is 11.7. The van der Waals surface area contributed by atoms with Gasteiger partial charge in [-0.2, -0.15) is 11.8 Å². The third kappa shape index (κ3) is 3.99. The Bertz CT molecular complexity index is 442. The largest absolute Gasteiger partial charge is 0.373 e. The molecule has 0 saturated heterocycles. The minimum Gasteiger partial charge on any atom is -0.373 e. The number of aromatic nitrogens is 1. The van der Waals surface area contributed by atoms with E-state index in [-0.39, 0.29) is 16.7 Å². The van der Waals surface area contributed by atoms with E-state index in [1.165, 1.54) is 6.07 Å². The maximum atomic E-state index is 11.1. The van der Waals surface area contributed by atoms with Gasteiger partial charge in [0.2, 0.25) is 5.82 Å². The molecule has 1 rings (SSSR count). The molecule has 1 atom stereocenters. The molecular weight excluding hydrogens is 264 g/mol. The van der Waals surface area contributed by atoms with Crippen LogP contribution in [0.4, 0.5) is 17.3 Å². The van der Waals surface area contributed by atoms with E-state index in [2.05, 4.69) is 16.6 Å². The van der Waals surface area contributed by atoms with Crippen LogP contribution in [0.1, 0.15) is 13.3 Å². The highest BCUT2D eigenvalue weighted by Crippen LogP contribution is 2.28. The quantitative estimate of drug-likeness (QED) is 0.613. The van der Waals surface area contributed by atoms with Crippen LogP contribution in [0.25, 0.3) is 0 Å². The molecule has 0 amide bonds. The van der Waals surface area contributed by atoms with E-state index in [0.717, 1.165) is 12.2 Å². The zero-order chi connectivity index (χ0) is 14.4. The summed E-state index contributed by atoms with van der Waals surface area (Å²) in [5.41, 5.74) is 0.0394. The summed E-state index contributed by atoms with van der Waals surface area (Å²) in [6, 6.07) is 3.30. The molecule has 1 heterocycles. The summed E-state index contributed by atoms with van der Waals surface area (Å²) in [5.74, 6) is 2.06. The Balaban J connectivity index is 3.04. The smallest absolute Gasteiger partial charge is 0.311 e. The molecule has 0 bridgehead atoms. The molecular formula is C12H20N4O2S. The topological polar surface area (TPSA) is 71.3 Å². The van der Waals surface area contributed by atoms with Gasteiger partial charge in [-0.15, -0.1) is 0 Å². The minimum absolute atomic E-state index is 0.0394. The van der Waals surface area contributed by atoms with Gasteiger partial charge in [-0.3, -0.25) is 10.1 Å². The molecule has 1 N–H and O–H groups in total. The number of hydrogen-bond donors (Lipinski definition) is 1. The molecule has 0 fully saturated rings. The Morgan fingerprint density at radius 2 is 2.26 bits per heavy atom. The second-order valence-corrected chi connectivity index (χ2v) is 5.27. The summed E-state index contributed by atoms with van der Waals surface area (Å²) < 4.78 is 0. The van der Waals surface area contributed by atoms with Crippen LogP contribution in [0.3, 0.4) is 0 Å². The maximum Gasteiger partial charge on any atom is 0.311 e. The third-order valence-electron chi connectivity index (χ3n) is 3.04. The van der Waals surface area contributed by atoms with Crippen molar-refractivity contribution in [3.8, 4) is 0 Å². The summed E-state index contributed by atoms with van der Waals surface area (Å²) in [4.78, 5) is 16.9. The summed E-state index contributed by atoms with van der Waals surface area (Å²) in [7, 11) is 3.59. The van der Waals surface area contributed by atoms with Crippen molar-refractivity contribution in [3.63, 3.8) is 0 Å². The fourth-order valence-corrected chi connectivity index (χ4v) is 2.25. The van der Waals surface area contributed by atoms with Crippen LogP contribution in [-0.4, -0.2) is 42.1 Å². The lowest BCUT2D eigenvalue weighted by atomic mass is 10.2. The summed E-state index contributed by atoms with van der Waals surface area (Å²) in [6.07, 6.45) is 3.01. The molecule has 106 valence electrons. The van der Waals surface area contributed by atoms with Crippen LogP contribution < -0.4 is 10.2 Å². The van der Waals surface area contributed by atoms with Gasteiger partial charge < -0.3 is 10.2 Å². The van der Waals surface area contributed by atoms with Crippen molar-refractivity contribution in [2.24, 2.45) is 0 Å². The van der Waals surface area contributed by atoms with Crippen LogP contribution in [0.2, 0.25) is 0 Å². The molecule has 6 nitrogen and oxygen atoms in total. The highest BCUT2D eigenvalue weighted by Gasteiger charge is 2.22. The van der Waals surface area contributed by atoms with Crippen molar-refractivity contribution in [1.82, 2.24) is 4.98 Å². The van der Waals surface area contributed by atoms with Crippen LogP contribution in [0.5, 0.6) is 0 Å². The molecule has 0 aliphatic carbocycles. The normalized spacial score (nSPS) is 12.0. The maximum absolute atomic E-state index is 11.1. The van der Waals surface area contributed by atoms with Gasteiger partial charge in [-0.05, 0) is 31.4 Å². The average Bonchev–Trinajstić information content (AvgIpc) is 2.42. The first-order valence-electron chi connectivity index (χ1n) is 6.06. The molecule has 7 heteroatoms. The van der Waals surface area contributed by atoms with E-state index in [4.69, 9.17) is 0 Å². The molecule has 0 aliphatic rings. The standard InChI is InChI=1S/C12H20N4O2S/c1-9(7-8-19-4)15(3)12-10(16(17)18)5-6-11(13-2)14-12/h5-6,9H,7-8H2,1-4H3,(H,13,14). The van der Waals surface area contributed by atoms with Gasteiger partial charge in [-0.25, -0.2) is 4.98 Å². The van der Waals surface area contributed by atoms with Gasteiger partial charge in [0.1, 0.15) is 5.82 Å². The predicted molar refractivity (Wildman–Crippen MR) is 81.3 cm³/mol. The number of nitrogens with zero attached hydrogens (tertiary/aromatic N) is 3. The van der Waals surface area contributed by atoms with Crippen LogP contribution in [0, 0.1) is 10.1 Å². The van der Waals surface area contributed by atoms with Crippen molar-refractivity contribution < 1.29 is 4.92 Å². The Morgan fingerprint density at radius 1 is 1.58 bits per heavy atom. The second-order valence-electron chi connectivity index (χ2n) is 4.29. The highest BCUT2D eigenvalue weighted by atomic mass is 32.2. The number of pyridine rings is 1. The monoisotopic (exact) mass is 284 g/mol. The number of rotatable bonds is 7. The summed E-state index contributed by atoms with van der Waals surface area (Å²) in [6.45, 7) is 2.05. The van der Waals surface area contributed by atoms with Crippen molar-refractivity contribution in [3.05, 3.63) is 22.2 Å². The molecule has 1 aromatic rings. The van der Waals surface area contributed by atoms with E-state index >= 15 is 0 Å². The number of nitrogens with one attached hydrogen (secondary N) is 1. The third-order valence-corrected chi connectivity index (χ3v) is 3.69. The first-order valence-corrected chi connectivity index (χ1v) is 7.45. The Morgan fingerprint density at radius 3 is 2.79 bits per heavy atom. The minimum atomic E-state index is -0.389. The number of nitro groups is 1. The average molecular weight is 284 g/mol. The van der Waals surface area contributed by atoms with E-state index in [0.29, 0.717) is 11.6 Å². The summed E-state index contributed by atoms with van der Waals surface area (Å²) in [5, 5.41) is 14.0. The van der Waals surface area contributed by atoms with Gasteiger partial charge in [0, 0.05) is 26.2 Å². The Kier molecular flexibility index (Phi) is 5.88. The fourth-order valence-electron chi connectivity index (χ4n) is 1.67. The Hall–Kier alpha value is -1.50. The lowest BCUT2D eigenvalue weighted by Crippen LogP contribution is -2.30. The van der Waals surface area contributed by atoms with Gasteiger partial charge in [0.15, 0.2) is 0 Å². The van der Waals surface area contributed by atoms with Crippen LogP contribution in [0.15, 0.2) is 12.1 Å². The number of anilines is 2. The lowest BCUT2D eigenvalue weighted by Gasteiger charge is -2.25.